The summed E-state index contributed by atoms with van der Waals surface area (Å²) in [6, 6.07) is 4.81. The maximum Gasteiger partial charge on any atom is 0.217 e. The second-order valence-electron chi connectivity index (χ2n) is 6.54. The molecule has 0 saturated carbocycles. The molecule has 1 aliphatic rings. The SMILES string of the molecule is CC1CC[C@H](C)N(Cc2ccc(-c3cnn(C)c3)cc2F)S1(=O)=O. The highest BCUT2D eigenvalue weighted by Gasteiger charge is 2.37. The van der Waals surface area contributed by atoms with Crippen LogP contribution in [-0.4, -0.2) is 33.8 Å². The number of halogens is 1. The van der Waals surface area contributed by atoms with Crippen molar-refractivity contribution < 1.29 is 12.8 Å². The number of aromatic nitrogens is 2. The Morgan fingerprint density at radius 3 is 2.62 bits per heavy atom. The molecule has 5 nitrogen and oxygen atoms in total. The van der Waals surface area contributed by atoms with E-state index in [1.165, 1.54) is 10.4 Å². The van der Waals surface area contributed by atoms with E-state index in [1.54, 1.807) is 37.0 Å². The van der Waals surface area contributed by atoms with Crippen LogP contribution in [0.2, 0.25) is 0 Å². The average molecular weight is 351 g/mol. The molecule has 2 aromatic rings. The summed E-state index contributed by atoms with van der Waals surface area (Å²) in [5.74, 6) is -0.392. The Labute approximate surface area is 142 Å². The molecule has 2 atom stereocenters. The van der Waals surface area contributed by atoms with Crippen molar-refractivity contribution in [1.29, 1.82) is 0 Å². The van der Waals surface area contributed by atoms with Crippen LogP contribution in [0.15, 0.2) is 30.6 Å². The summed E-state index contributed by atoms with van der Waals surface area (Å²) in [7, 11) is -1.57. The second kappa shape index (κ2) is 6.29. The lowest BCUT2D eigenvalue weighted by atomic mass is 10.1. The summed E-state index contributed by atoms with van der Waals surface area (Å²) in [5, 5.41) is 3.67. The van der Waals surface area contributed by atoms with E-state index in [2.05, 4.69) is 5.10 Å². The van der Waals surface area contributed by atoms with Gasteiger partial charge in [-0.3, -0.25) is 4.68 Å². The van der Waals surface area contributed by atoms with Crippen LogP contribution in [0, 0.1) is 5.82 Å². The molecular weight excluding hydrogens is 329 g/mol. The molecule has 3 rings (SSSR count). The zero-order valence-corrected chi connectivity index (χ0v) is 14.9. The lowest BCUT2D eigenvalue weighted by Crippen LogP contribution is -2.47. The van der Waals surface area contributed by atoms with Crippen molar-refractivity contribution in [1.82, 2.24) is 14.1 Å². The molecule has 130 valence electrons. The molecule has 7 heteroatoms. The number of benzene rings is 1. The minimum Gasteiger partial charge on any atom is -0.275 e. The fraction of sp³-hybridized carbons (Fsp3) is 0.471. The molecule has 24 heavy (non-hydrogen) atoms. The van der Waals surface area contributed by atoms with Crippen LogP contribution in [0.3, 0.4) is 0 Å². The van der Waals surface area contributed by atoms with Crippen molar-refractivity contribution in [2.75, 3.05) is 0 Å². The van der Waals surface area contributed by atoms with Gasteiger partial charge in [0.15, 0.2) is 0 Å². The lowest BCUT2D eigenvalue weighted by Gasteiger charge is -2.36. The van der Waals surface area contributed by atoms with Crippen LogP contribution in [0.5, 0.6) is 0 Å². The zero-order valence-electron chi connectivity index (χ0n) is 14.1. The van der Waals surface area contributed by atoms with E-state index < -0.39 is 21.1 Å². The van der Waals surface area contributed by atoms with E-state index in [1.807, 2.05) is 13.1 Å². The topological polar surface area (TPSA) is 55.2 Å². The maximum atomic E-state index is 14.5. The summed E-state index contributed by atoms with van der Waals surface area (Å²) in [5.41, 5.74) is 1.95. The highest BCUT2D eigenvalue weighted by atomic mass is 32.2. The first-order valence-corrected chi connectivity index (χ1v) is 9.57. The van der Waals surface area contributed by atoms with Gasteiger partial charge in [0.25, 0.3) is 0 Å². The van der Waals surface area contributed by atoms with Gasteiger partial charge in [-0.05, 0) is 38.3 Å². The maximum absolute atomic E-state index is 14.5. The monoisotopic (exact) mass is 351 g/mol. The van der Waals surface area contributed by atoms with E-state index in [4.69, 9.17) is 0 Å². The van der Waals surface area contributed by atoms with Gasteiger partial charge in [-0.2, -0.15) is 9.40 Å². The third kappa shape index (κ3) is 3.10. The minimum atomic E-state index is -3.37. The molecule has 1 aliphatic heterocycles. The first-order valence-electron chi connectivity index (χ1n) is 8.07. The van der Waals surface area contributed by atoms with E-state index in [0.29, 0.717) is 12.0 Å². The largest absolute Gasteiger partial charge is 0.275 e. The van der Waals surface area contributed by atoms with Crippen LogP contribution in [-0.2, 0) is 23.6 Å². The Morgan fingerprint density at radius 2 is 2.00 bits per heavy atom. The predicted molar refractivity (Wildman–Crippen MR) is 91.2 cm³/mol. The summed E-state index contributed by atoms with van der Waals surface area (Å²) in [6.07, 6.45) is 4.94. The van der Waals surface area contributed by atoms with Gasteiger partial charge in [0, 0.05) is 37.0 Å². The Bertz CT molecular complexity index is 847. The molecule has 0 aliphatic carbocycles. The fourth-order valence-corrected chi connectivity index (χ4v) is 4.91. The first-order chi connectivity index (χ1) is 11.3. The number of sulfonamides is 1. The molecule has 0 bridgehead atoms. The fourth-order valence-electron chi connectivity index (χ4n) is 3.09. The predicted octanol–water partition coefficient (Wildman–Crippen LogP) is 2.93. The van der Waals surface area contributed by atoms with Crippen LogP contribution in [0.4, 0.5) is 4.39 Å². The molecule has 1 fully saturated rings. The zero-order chi connectivity index (χ0) is 17.5. The highest BCUT2D eigenvalue weighted by molar-refractivity contribution is 7.89. The molecule has 1 unspecified atom stereocenters. The molecule has 0 N–H and O–H groups in total. The van der Waals surface area contributed by atoms with Crippen LogP contribution in [0.25, 0.3) is 11.1 Å². The second-order valence-corrected chi connectivity index (χ2v) is 8.84. The van der Waals surface area contributed by atoms with E-state index in [0.717, 1.165) is 17.5 Å². The summed E-state index contributed by atoms with van der Waals surface area (Å²) >= 11 is 0. The number of aryl methyl sites for hydroxylation is 1. The van der Waals surface area contributed by atoms with Crippen molar-refractivity contribution in [3.05, 3.63) is 42.0 Å². The van der Waals surface area contributed by atoms with Crippen molar-refractivity contribution in [3.63, 3.8) is 0 Å². The quantitative estimate of drug-likeness (QED) is 0.854. The standard InChI is InChI=1S/C17H22FN3O2S/c1-12-4-5-13(2)24(22,23)21(12)11-15-7-6-14(8-17(15)18)16-9-19-20(3)10-16/h6-10,12-13H,4-5,11H2,1-3H3/t12-,13?/m0/s1. The third-order valence-electron chi connectivity index (χ3n) is 4.74. The Hall–Kier alpha value is -1.73. The Kier molecular flexibility index (Phi) is 4.48. The molecule has 1 aromatic carbocycles. The van der Waals surface area contributed by atoms with Crippen molar-refractivity contribution in [2.45, 2.75) is 44.5 Å². The Balaban J connectivity index is 1.88. The molecule has 2 heterocycles. The molecule has 1 saturated heterocycles. The van der Waals surface area contributed by atoms with Crippen molar-refractivity contribution >= 4 is 10.0 Å². The number of nitrogens with zero attached hydrogens (tertiary/aromatic N) is 3. The number of rotatable bonds is 3. The minimum absolute atomic E-state index is 0.0764. The summed E-state index contributed by atoms with van der Waals surface area (Å²) in [6.45, 7) is 3.68. The highest BCUT2D eigenvalue weighted by Crippen LogP contribution is 2.29. The van der Waals surface area contributed by atoms with E-state index in [9.17, 15) is 12.8 Å². The van der Waals surface area contributed by atoms with Gasteiger partial charge < -0.3 is 0 Å². The van der Waals surface area contributed by atoms with Gasteiger partial charge in [-0.1, -0.05) is 12.1 Å². The molecule has 1 aromatic heterocycles. The van der Waals surface area contributed by atoms with Crippen LogP contribution < -0.4 is 0 Å². The first kappa shape index (κ1) is 17.1. The number of hydrogen-bond donors (Lipinski definition) is 0. The Morgan fingerprint density at radius 1 is 1.25 bits per heavy atom. The summed E-state index contributed by atoms with van der Waals surface area (Å²) in [4.78, 5) is 0. The smallest absolute Gasteiger partial charge is 0.217 e. The van der Waals surface area contributed by atoms with Crippen LogP contribution >= 0.6 is 0 Å². The third-order valence-corrected chi connectivity index (χ3v) is 7.13. The van der Waals surface area contributed by atoms with Gasteiger partial charge in [0.1, 0.15) is 5.82 Å². The molecule has 0 amide bonds. The molecule has 0 spiro atoms. The van der Waals surface area contributed by atoms with E-state index >= 15 is 0 Å². The van der Waals surface area contributed by atoms with Crippen LogP contribution in [0.1, 0.15) is 32.3 Å². The average Bonchev–Trinajstić information content (AvgIpc) is 2.96. The normalized spacial score (nSPS) is 24.2. The van der Waals surface area contributed by atoms with Crippen molar-refractivity contribution in [3.8, 4) is 11.1 Å². The van der Waals surface area contributed by atoms with E-state index in [-0.39, 0.29) is 12.6 Å². The number of hydrogen-bond acceptors (Lipinski definition) is 3. The summed E-state index contributed by atoms with van der Waals surface area (Å²) < 4.78 is 42.7. The van der Waals surface area contributed by atoms with Gasteiger partial charge >= 0.3 is 0 Å². The van der Waals surface area contributed by atoms with Gasteiger partial charge in [-0.15, -0.1) is 0 Å². The van der Waals surface area contributed by atoms with Gasteiger partial charge in [0.2, 0.25) is 10.0 Å². The van der Waals surface area contributed by atoms with Gasteiger partial charge in [0.05, 0.1) is 11.4 Å². The van der Waals surface area contributed by atoms with Crippen molar-refractivity contribution in [2.24, 2.45) is 7.05 Å². The lowest BCUT2D eigenvalue weighted by molar-refractivity contribution is 0.281. The molecule has 0 radical (unpaired) electrons. The van der Waals surface area contributed by atoms with Gasteiger partial charge in [-0.25, -0.2) is 12.8 Å². The molecular formula is C17H22FN3O2S.